The Kier molecular flexibility index (Phi) is 1.77. The van der Waals surface area contributed by atoms with Crippen LogP contribution >= 0.6 is 0 Å². The minimum Gasteiger partial charge on any atom is -0.324 e. The van der Waals surface area contributed by atoms with Gasteiger partial charge in [0.15, 0.2) is 6.33 Å². The number of carbonyl (C=O) groups is 1. The van der Waals surface area contributed by atoms with Gasteiger partial charge in [0.05, 0.1) is 0 Å². The molecule has 1 aliphatic rings. The summed E-state index contributed by atoms with van der Waals surface area (Å²) in [5.74, 6) is 0.311. The minimum atomic E-state index is 0.311. The van der Waals surface area contributed by atoms with Crippen LogP contribution in [-0.2, 0) is 4.79 Å². The fourth-order valence-electron chi connectivity index (χ4n) is 1.25. The molecule has 1 aromatic rings. The quantitative estimate of drug-likeness (QED) is 0.599. The molecule has 0 radical (unpaired) electrons. The largest absolute Gasteiger partial charge is 0.324 e. The Bertz CT molecular complexity index is 260. The standard InChI is InChI=1S/C7H9N3O2/c11-6-1-3-10(4-2-6)7-8-5-9-12-7/h5H,1-4H2. The highest BCUT2D eigenvalue weighted by molar-refractivity contribution is 5.80. The van der Waals surface area contributed by atoms with Crippen LogP contribution < -0.4 is 4.90 Å². The van der Waals surface area contributed by atoms with Crippen LogP contribution in [0.5, 0.6) is 0 Å². The van der Waals surface area contributed by atoms with E-state index in [1.807, 2.05) is 4.90 Å². The number of nitrogens with zero attached hydrogens (tertiary/aromatic N) is 3. The summed E-state index contributed by atoms with van der Waals surface area (Å²) < 4.78 is 4.86. The van der Waals surface area contributed by atoms with Crippen molar-refractivity contribution in [3.05, 3.63) is 6.33 Å². The van der Waals surface area contributed by atoms with E-state index in [0.717, 1.165) is 0 Å². The summed E-state index contributed by atoms with van der Waals surface area (Å²) in [6, 6.07) is 0.516. The average Bonchev–Trinajstić information content (AvgIpc) is 2.58. The van der Waals surface area contributed by atoms with Crippen LogP contribution in [-0.4, -0.2) is 29.0 Å². The van der Waals surface area contributed by atoms with Gasteiger partial charge in [-0.15, -0.1) is 0 Å². The molecule has 2 rings (SSSR count). The molecule has 2 heterocycles. The van der Waals surface area contributed by atoms with Crippen LogP contribution in [0.2, 0.25) is 0 Å². The molecule has 64 valence electrons. The van der Waals surface area contributed by atoms with Crippen LogP contribution in [0.25, 0.3) is 0 Å². The van der Waals surface area contributed by atoms with Crippen molar-refractivity contribution in [2.75, 3.05) is 18.0 Å². The Morgan fingerprint density at radius 3 is 2.75 bits per heavy atom. The van der Waals surface area contributed by atoms with E-state index in [9.17, 15) is 4.79 Å². The fourth-order valence-corrected chi connectivity index (χ4v) is 1.25. The van der Waals surface area contributed by atoms with Crippen molar-refractivity contribution in [3.63, 3.8) is 0 Å². The first-order valence-corrected chi connectivity index (χ1v) is 3.89. The van der Waals surface area contributed by atoms with Crippen LogP contribution in [0.3, 0.4) is 0 Å². The summed E-state index contributed by atoms with van der Waals surface area (Å²) in [4.78, 5) is 16.7. The zero-order valence-electron chi connectivity index (χ0n) is 6.56. The molecule has 0 aromatic carbocycles. The van der Waals surface area contributed by atoms with Crippen LogP contribution in [0.4, 0.5) is 6.01 Å². The van der Waals surface area contributed by atoms with E-state index in [2.05, 4.69) is 10.1 Å². The summed E-state index contributed by atoms with van der Waals surface area (Å²) >= 11 is 0. The molecular weight excluding hydrogens is 158 g/mol. The number of hydrogen-bond donors (Lipinski definition) is 0. The first kappa shape index (κ1) is 7.27. The summed E-state index contributed by atoms with van der Waals surface area (Å²) in [5, 5.41) is 3.50. The van der Waals surface area contributed by atoms with Gasteiger partial charge in [0.25, 0.3) is 0 Å². The van der Waals surface area contributed by atoms with Gasteiger partial charge in [0.2, 0.25) is 0 Å². The highest BCUT2D eigenvalue weighted by atomic mass is 16.5. The minimum absolute atomic E-state index is 0.311. The molecule has 0 atom stereocenters. The lowest BCUT2D eigenvalue weighted by Gasteiger charge is -2.23. The van der Waals surface area contributed by atoms with Crippen molar-refractivity contribution in [1.29, 1.82) is 0 Å². The first-order valence-electron chi connectivity index (χ1n) is 3.89. The summed E-state index contributed by atoms with van der Waals surface area (Å²) in [7, 11) is 0. The number of Topliss-reactive ketones (excluding diaryl/α,β-unsaturated/α-hetero) is 1. The molecule has 12 heavy (non-hydrogen) atoms. The van der Waals surface area contributed by atoms with Gasteiger partial charge in [-0.05, 0) is 0 Å². The van der Waals surface area contributed by atoms with Crippen LogP contribution in [0, 0.1) is 0 Å². The van der Waals surface area contributed by atoms with Crippen molar-refractivity contribution in [1.82, 2.24) is 10.1 Å². The number of ketones is 1. The third-order valence-corrected chi connectivity index (χ3v) is 1.94. The monoisotopic (exact) mass is 167 g/mol. The molecule has 5 heteroatoms. The zero-order chi connectivity index (χ0) is 8.39. The number of piperidine rings is 1. The molecule has 5 nitrogen and oxygen atoms in total. The molecule has 1 aromatic heterocycles. The van der Waals surface area contributed by atoms with E-state index in [1.54, 1.807) is 0 Å². The van der Waals surface area contributed by atoms with Gasteiger partial charge in [0, 0.05) is 25.9 Å². The third-order valence-electron chi connectivity index (χ3n) is 1.94. The third kappa shape index (κ3) is 1.30. The Labute approximate surface area is 69.4 Å². The lowest BCUT2D eigenvalue weighted by Crippen LogP contribution is -2.33. The van der Waals surface area contributed by atoms with Gasteiger partial charge in [-0.25, -0.2) is 0 Å². The molecule has 1 fully saturated rings. The Hall–Kier alpha value is -1.39. The highest BCUT2D eigenvalue weighted by Crippen LogP contribution is 2.13. The molecular formula is C7H9N3O2. The SMILES string of the molecule is O=C1CCN(c2ncno2)CC1. The maximum Gasteiger partial charge on any atom is 0.323 e. The summed E-state index contributed by atoms with van der Waals surface area (Å²) in [6.45, 7) is 1.39. The number of anilines is 1. The molecule has 0 saturated carbocycles. The molecule has 0 amide bonds. The van der Waals surface area contributed by atoms with E-state index >= 15 is 0 Å². The zero-order valence-corrected chi connectivity index (χ0v) is 6.56. The fraction of sp³-hybridized carbons (Fsp3) is 0.571. The second-order valence-corrected chi connectivity index (χ2v) is 2.75. The number of rotatable bonds is 1. The molecule has 1 saturated heterocycles. The van der Waals surface area contributed by atoms with Gasteiger partial charge in [-0.1, -0.05) is 5.16 Å². The van der Waals surface area contributed by atoms with Crippen molar-refractivity contribution in [2.24, 2.45) is 0 Å². The number of hydrogen-bond acceptors (Lipinski definition) is 5. The van der Waals surface area contributed by atoms with Crippen molar-refractivity contribution in [3.8, 4) is 0 Å². The predicted octanol–water partition coefficient (Wildman–Crippen LogP) is 0.239. The lowest BCUT2D eigenvalue weighted by atomic mass is 10.1. The smallest absolute Gasteiger partial charge is 0.323 e. The predicted molar refractivity (Wildman–Crippen MR) is 40.8 cm³/mol. The van der Waals surface area contributed by atoms with E-state index in [1.165, 1.54) is 6.33 Å². The van der Waals surface area contributed by atoms with Crippen LogP contribution in [0.1, 0.15) is 12.8 Å². The van der Waals surface area contributed by atoms with Gasteiger partial charge in [-0.3, -0.25) is 4.79 Å². The highest BCUT2D eigenvalue weighted by Gasteiger charge is 2.19. The molecule has 0 unspecified atom stereocenters. The molecule has 0 bridgehead atoms. The molecule has 0 spiro atoms. The average molecular weight is 167 g/mol. The maximum absolute atomic E-state index is 10.9. The van der Waals surface area contributed by atoms with Gasteiger partial charge in [0.1, 0.15) is 5.78 Å². The molecule has 0 aliphatic carbocycles. The normalized spacial score (nSPS) is 18.3. The summed E-state index contributed by atoms with van der Waals surface area (Å²) in [5.41, 5.74) is 0. The molecule has 0 N–H and O–H groups in total. The van der Waals surface area contributed by atoms with Crippen LogP contribution in [0.15, 0.2) is 10.9 Å². The van der Waals surface area contributed by atoms with E-state index in [-0.39, 0.29) is 0 Å². The number of aromatic nitrogens is 2. The maximum atomic E-state index is 10.9. The van der Waals surface area contributed by atoms with Crippen molar-refractivity contribution < 1.29 is 9.32 Å². The van der Waals surface area contributed by atoms with Gasteiger partial charge in [-0.2, -0.15) is 4.98 Å². The second-order valence-electron chi connectivity index (χ2n) is 2.75. The lowest BCUT2D eigenvalue weighted by molar-refractivity contribution is -0.119. The Balaban J connectivity index is 2.03. The van der Waals surface area contributed by atoms with Gasteiger partial charge >= 0.3 is 6.01 Å². The number of carbonyl (C=O) groups excluding carboxylic acids is 1. The topological polar surface area (TPSA) is 59.2 Å². The second kappa shape index (κ2) is 2.92. The van der Waals surface area contributed by atoms with E-state index < -0.39 is 0 Å². The first-order chi connectivity index (χ1) is 5.86. The van der Waals surface area contributed by atoms with E-state index in [4.69, 9.17) is 4.52 Å². The van der Waals surface area contributed by atoms with Crippen molar-refractivity contribution in [2.45, 2.75) is 12.8 Å². The van der Waals surface area contributed by atoms with E-state index in [0.29, 0.717) is 37.7 Å². The molecule has 1 aliphatic heterocycles. The Morgan fingerprint density at radius 1 is 1.42 bits per heavy atom. The van der Waals surface area contributed by atoms with Crippen molar-refractivity contribution >= 4 is 11.8 Å². The van der Waals surface area contributed by atoms with Gasteiger partial charge < -0.3 is 9.42 Å². The Morgan fingerprint density at radius 2 is 2.17 bits per heavy atom. The summed E-state index contributed by atoms with van der Waals surface area (Å²) in [6.07, 6.45) is 2.54.